The molecule has 1 amide bonds. The summed E-state index contributed by atoms with van der Waals surface area (Å²) in [5.74, 6) is -0.202. The molecule has 3 rings (SSSR count). The third-order valence-electron chi connectivity index (χ3n) is 4.66. The summed E-state index contributed by atoms with van der Waals surface area (Å²) in [5.41, 5.74) is 3.86. The lowest BCUT2D eigenvalue weighted by Crippen LogP contribution is -2.34. The fourth-order valence-corrected chi connectivity index (χ4v) is 4.05. The summed E-state index contributed by atoms with van der Waals surface area (Å²) < 4.78 is 25.7. The van der Waals surface area contributed by atoms with E-state index in [0.29, 0.717) is 13.0 Å². The molecular weight excluding hydrogens is 374 g/mol. The number of para-hydroxylation sites is 1. The number of rotatable bonds is 8. The topological polar surface area (TPSA) is 82.3 Å². The fourth-order valence-electron chi connectivity index (χ4n) is 3.20. The number of fused-ring (bicyclic) bond motifs is 1. The van der Waals surface area contributed by atoms with E-state index in [0.717, 1.165) is 27.7 Å². The van der Waals surface area contributed by atoms with Crippen molar-refractivity contribution >= 4 is 32.5 Å². The average Bonchev–Trinajstić information content (AvgIpc) is 3.04. The molecule has 0 aliphatic heterocycles. The Morgan fingerprint density at radius 1 is 1.11 bits per heavy atom. The van der Waals surface area contributed by atoms with Crippen LogP contribution in [0.3, 0.4) is 0 Å². The summed E-state index contributed by atoms with van der Waals surface area (Å²) in [5, 5.41) is 3.91. The van der Waals surface area contributed by atoms with Crippen LogP contribution in [0.25, 0.3) is 10.9 Å². The molecule has 7 heteroatoms. The van der Waals surface area contributed by atoms with Gasteiger partial charge in [0.15, 0.2) is 0 Å². The van der Waals surface area contributed by atoms with Gasteiger partial charge >= 0.3 is 0 Å². The van der Waals surface area contributed by atoms with Crippen LogP contribution in [0.1, 0.15) is 17.5 Å². The van der Waals surface area contributed by atoms with Crippen LogP contribution in [-0.4, -0.2) is 43.0 Å². The van der Waals surface area contributed by atoms with E-state index in [1.165, 1.54) is 10.6 Å². The largest absolute Gasteiger partial charge is 0.361 e. The Labute approximate surface area is 165 Å². The summed E-state index contributed by atoms with van der Waals surface area (Å²) in [6.45, 7) is 2.43. The van der Waals surface area contributed by atoms with Crippen LogP contribution in [0.15, 0.2) is 54.7 Å². The SMILES string of the molecule is Cc1cccc(NC(=O)CCN(CCc2c[nH]c3ccccc23)S(C)(=O)=O)c1. The summed E-state index contributed by atoms with van der Waals surface area (Å²) in [6.07, 6.45) is 3.78. The quantitative estimate of drug-likeness (QED) is 0.610. The van der Waals surface area contributed by atoms with Crippen LogP contribution in [0.5, 0.6) is 0 Å². The maximum absolute atomic E-state index is 12.2. The van der Waals surface area contributed by atoms with Gasteiger partial charge in [0.25, 0.3) is 0 Å². The molecule has 0 aliphatic rings. The van der Waals surface area contributed by atoms with E-state index >= 15 is 0 Å². The summed E-state index contributed by atoms with van der Waals surface area (Å²) in [6, 6.07) is 15.4. The van der Waals surface area contributed by atoms with Gasteiger partial charge in [-0.25, -0.2) is 12.7 Å². The van der Waals surface area contributed by atoms with Gasteiger partial charge in [-0.05, 0) is 42.7 Å². The van der Waals surface area contributed by atoms with Crippen molar-refractivity contribution < 1.29 is 13.2 Å². The zero-order valence-electron chi connectivity index (χ0n) is 16.1. The first-order chi connectivity index (χ1) is 13.3. The van der Waals surface area contributed by atoms with Crippen molar-refractivity contribution in [2.45, 2.75) is 19.8 Å². The lowest BCUT2D eigenvalue weighted by atomic mass is 10.1. The summed E-state index contributed by atoms with van der Waals surface area (Å²) >= 11 is 0. The number of aromatic amines is 1. The van der Waals surface area contributed by atoms with Crippen molar-refractivity contribution in [2.24, 2.45) is 0 Å². The van der Waals surface area contributed by atoms with Crippen molar-refractivity contribution in [3.63, 3.8) is 0 Å². The van der Waals surface area contributed by atoms with E-state index in [9.17, 15) is 13.2 Å². The molecule has 0 atom stereocenters. The second-order valence-electron chi connectivity index (χ2n) is 6.94. The highest BCUT2D eigenvalue weighted by Crippen LogP contribution is 2.19. The molecule has 0 unspecified atom stereocenters. The Morgan fingerprint density at radius 3 is 2.64 bits per heavy atom. The molecule has 0 bridgehead atoms. The Hall–Kier alpha value is -2.64. The smallest absolute Gasteiger partial charge is 0.225 e. The number of carbonyl (C=O) groups excluding carboxylic acids is 1. The number of amides is 1. The molecule has 3 aromatic rings. The van der Waals surface area contributed by atoms with E-state index in [-0.39, 0.29) is 18.9 Å². The molecule has 0 radical (unpaired) electrons. The van der Waals surface area contributed by atoms with Gasteiger partial charge < -0.3 is 10.3 Å². The number of aromatic nitrogens is 1. The van der Waals surface area contributed by atoms with Gasteiger partial charge in [-0.1, -0.05) is 30.3 Å². The number of hydrogen-bond acceptors (Lipinski definition) is 3. The maximum atomic E-state index is 12.2. The van der Waals surface area contributed by atoms with Gasteiger partial charge in [0.05, 0.1) is 6.26 Å². The number of carbonyl (C=O) groups is 1. The van der Waals surface area contributed by atoms with Gasteiger partial charge in [0.1, 0.15) is 0 Å². The number of H-pyrrole nitrogens is 1. The number of sulfonamides is 1. The van der Waals surface area contributed by atoms with Crippen molar-refractivity contribution in [3.05, 3.63) is 65.9 Å². The normalized spacial score (nSPS) is 11.8. The first kappa shape index (κ1) is 20.1. The molecule has 148 valence electrons. The van der Waals surface area contributed by atoms with Gasteiger partial charge in [0.2, 0.25) is 15.9 Å². The number of anilines is 1. The van der Waals surface area contributed by atoms with Gasteiger partial charge in [-0.2, -0.15) is 0 Å². The molecule has 0 aliphatic carbocycles. The van der Waals surface area contributed by atoms with Gasteiger partial charge in [0, 0.05) is 42.3 Å². The second kappa shape index (κ2) is 8.58. The van der Waals surface area contributed by atoms with Crippen LogP contribution in [0, 0.1) is 6.92 Å². The number of nitrogens with one attached hydrogen (secondary N) is 2. The first-order valence-corrected chi connectivity index (χ1v) is 11.0. The Morgan fingerprint density at radius 2 is 1.89 bits per heavy atom. The van der Waals surface area contributed by atoms with E-state index in [4.69, 9.17) is 0 Å². The van der Waals surface area contributed by atoms with E-state index in [2.05, 4.69) is 10.3 Å². The standard InChI is InChI=1S/C21H25N3O3S/c1-16-6-5-7-18(14-16)23-21(25)11-13-24(28(2,26)27)12-10-17-15-22-20-9-4-3-8-19(17)20/h3-9,14-15,22H,10-13H2,1-2H3,(H,23,25). The number of benzene rings is 2. The molecule has 1 heterocycles. The minimum absolute atomic E-state index is 0.106. The van der Waals surface area contributed by atoms with Crippen LogP contribution in [-0.2, 0) is 21.2 Å². The second-order valence-corrected chi connectivity index (χ2v) is 8.92. The Kier molecular flexibility index (Phi) is 6.16. The van der Waals surface area contributed by atoms with Crippen molar-refractivity contribution in [2.75, 3.05) is 24.7 Å². The van der Waals surface area contributed by atoms with Crippen LogP contribution in [0.2, 0.25) is 0 Å². The van der Waals surface area contributed by atoms with Crippen LogP contribution < -0.4 is 5.32 Å². The highest BCUT2D eigenvalue weighted by molar-refractivity contribution is 7.88. The van der Waals surface area contributed by atoms with Crippen LogP contribution >= 0.6 is 0 Å². The number of nitrogens with zero attached hydrogens (tertiary/aromatic N) is 1. The average molecular weight is 400 g/mol. The number of aryl methyl sites for hydroxylation is 1. The predicted octanol–water partition coefficient (Wildman–Crippen LogP) is 3.31. The lowest BCUT2D eigenvalue weighted by molar-refractivity contribution is -0.116. The molecule has 1 aromatic heterocycles. The third-order valence-corrected chi connectivity index (χ3v) is 5.97. The van der Waals surface area contributed by atoms with E-state index < -0.39 is 10.0 Å². The number of hydrogen-bond donors (Lipinski definition) is 2. The first-order valence-electron chi connectivity index (χ1n) is 9.19. The third kappa shape index (κ3) is 5.21. The lowest BCUT2D eigenvalue weighted by Gasteiger charge is -2.19. The monoisotopic (exact) mass is 399 g/mol. The maximum Gasteiger partial charge on any atom is 0.225 e. The Bertz CT molecular complexity index is 1070. The minimum Gasteiger partial charge on any atom is -0.361 e. The molecule has 6 nitrogen and oxygen atoms in total. The Balaban J connectivity index is 1.60. The fraction of sp³-hybridized carbons (Fsp3) is 0.286. The van der Waals surface area contributed by atoms with E-state index in [1.54, 1.807) is 0 Å². The van der Waals surface area contributed by atoms with E-state index in [1.807, 2.05) is 61.7 Å². The molecule has 0 saturated carbocycles. The van der Waals surface area contributed by atoms with Crippen molar-refractivity contribution in [3.8, 4) is 0 Å². The zero-order valence-corrected chi connectivity index (χ0v) is 16.9. The molecule has 0 fully saturated rings. The molecule has 2 N–H and O–H groups in total. The molecular formula is C21H25N3O3S. The van der Waals surface area contributed by atoms with Gasteiger partial charge in [-0.15, -0.1) is 0 Å². The molecule has 2 aromatic carbocycles. The van der Waals surface area contributed by atoms with Crippen molar-refractivity contribution in [1.29, 1.82) is 0 Å². The molecule has 28 heavy (non-hydrogen) atoms. The predicted molar refractivity (Wildman–Crippen MR) is 113 cm³/mol. The minimum atomic E-state index is -3.40. The van der Waals surface area contributed by atoms with Crippen LogP contribution in [0.4, 0.5) is 5.69 Å². The molecule has 0 spiro atoms. The highest BCUT2D eigenvalue weighted by Gasteiger charge is 2.18. The summed E-state index contributed by atoms with van der Waals surface area (Å²) in [7, 11) is -3.40. The summed E-state index contributed by atoms with van der Waals surface area (Å²) in [4.78, 5) is 15.4. The highest BCUT2D eigenvalue weighted by atomic mass is 32.2. The van der Waals surface area contributed by atoms with Gasteiger partial charge in [-0.3, -0.25) is 4.79 Å². The molecule has 0 saturated heterocycles. The van der Waals surface area contributed by atoms with Crippen molar-refractivity contribution in [1.82, 2.24) is 9.29 Å². The zero-order chi connectivity index (χ0) is 20.1.